The quantitative estimate of drug-likeness (QED) is 0.0713. The average molecular weight is 827 g/mol. The van der Waals surface area contributed by atoms with E-state index in [1.807, 2.05) is 0 Å². The number of carbonyl (C=O) groups is 8. The van der Waals surface area contributed by atoms with Crippen LogP contribution in [0.3, 0.4) is 0 Å². The highest BCUT2D eigenvalue weighted by molar-refractivity contribution is 5.96. The van der Waals surface area contributed by atoms with Gasteiger partial charge in [-0.15, -0.1) is 0 Å². The fraction of sp³-hybridized carbons (Fsp3) is 0.500. The van der Waals surface area contributed by atoms with Crippen LogP contribution in [0.2, 0.25) is 0 Å². The first-order valence-corrected chi connectivity index (χ1v) is 19.0. The predicted molar refractivity (Wildman–Crippen MR) is 209 cm³/mol. The number of likely N-dealkylation sites (tertiary alicyclic amines) is 1. The molecule has 3 rings (SSSR count). The highest BCUT2D eigenvalue weighted by Crippen LogP contribution is 2.21. The van der Waals surface area contributed by atoms with Gasteiger partial charge in [0, 0.05) is 25.8 Å². The van der Waals surface area contributed by atoms with E-state index in [2.05, 4.69) is 31.3 Å². The number of nitrogens with zero attached hydrogens (tertiary/aromatic N) is 1. The number of hydrogen-bond donors (Lipinski definition) is 7. The van der Waals surface area contributed by atoms with Crippen LogP contribution in [0.15, 0.2) is 54.6 Å². The highest BCUT2D eigenvalue weighted by atomic mass is 16.6. The van der Waals surface area contributed by atoms with Crippen LogP contribution < -0.4 is 26.6 Å². The molecule has 0 saturated carbocycles. The first-order chi connectivity index (χ1) is 27.9. The summed E-state index contributed by atoms with van der Waals surface area (Å²) >= 11 is 0. The molecule has 0 unspecified atom stereocenters. The van der Waals surface area contributed by atoms with E-state index >= 15 is 0 Å². The standard InChI is InChI=1S/C40H54N6O13/c1-40(2,3)59-39(56)45-27(17-18-33(50)57-4)35(52)44-29(21-24-10-7-6-8-11-24)37(54)46-19-9-12-31(46)36(53)43-28(20-25-13-15-26(48)16-14-25)34(51)41-22-32(49)42-30(23-47)38(55)58-5/h6-8,10-11,13-16,27-31,47-48H,9,12,17-23H2,1-5H3,(H,41,51)(H,42,49)(H,43,53)(H,44,52)(H,45,56)/t27-,28-,29-,30-,31-/m0/s1. The zero-order valence-corrected chi connectivity index (χ0v) is 33.8. The first-order valence-electron chi connectivity index (χ1n) is 19.0. The summed E-state index contributed by atoms with van der Waals surface area (Å²) in [6.45, 7) is 3.65. The van der Waals surface area contributed by atoms with E-state index in [4.69, 9.17) is 9.47 Å². The number of aliphatic hydroxyl groups is 1. The summed E-state index contributed by atoms with van der Waals surface area (Å²) in [5, 5.41) is 31.7. The molecule has 5 atom stereocenters. The molecule has 7 N–H and O–H groups in total. The molecule has 1 heterocycles. The van der Waals surface area contributed by atoms with Crippen molar-refractivity contribution in [2.24, 2.45) is 0 Å². The summed E-state index contributed by atoms with van der Waals surface area (Å²) in [7, 11) is 2.26. The number of phenols is 1. The van der Waals surface area contributed by atoms with Gasteiger partial charge >= 0.3 is 18.0 Å². The predicted octanol–water partition coefficient (Wildman–Crippen LogP) is -0.249. The van der Waals surface area contributed by atoms with Gasteiger partial charge in [0.1, 0.15) is 35.5 Å². The summed E-state index contributed by atoms with van der Waals surface area (Å²) in [6.07, 6.45) is -0.837. The molecular weight excluding hydrogens is 772 g/mol. The number of hydrogen-bond acceptors (Lipinski definition) is 13. The number of aliphatic hydroxyl groups excluding tert-OH is 1. The second-order valence-corrected chi connectivity index (χ2v) is 14.7. The molecule has 0 spiro atoms. The van der Waals surface area contributed by atoms with Crippen molar-refractivity contribution in [2.75, 3.05) is 33.9 Å². The number of aromatic hydroxyl groups is 1. The second kappa shape index (κ2) is 22.6. The number of ether oxygens (including phenoxy) is 3. The molecule has 0 bridgehead atoms. The zero-order chi connectivity index (χ0) is 43.7. The molecule has 0 aliphatic carbocycles. The van der Waals surface area contributed by atoms with Crippen molar-refractivity contribution in [3.63, 3.8) is 0 Å². The van der Waals surface area contributed by atoms with Crippen LogP contribution in [-0.2, 0) is 60.6 Å². The number of benzene rings is 2. The lowest BCUT2D eigenvalue weighted by molar-refractivity contribution is -0.146. The van der Waals surface area contributed by atoms with Crippen LogP contribution in [-0.4, -0.2) is 132 Å². The van der Waals surface area contributed by atoms with Gasteiger partial charge in [0.25, 0.3) is 0 Å². The van der Waals surface area contributed by atoms with Crippen molar-refractivity contribution in [2.45, 2.75) is 95.1 Å². The lowest BCUT2D eigenvalue weighted by atomic mass is 10.0. The fourth-order valence-corrected chi connectivity index (χ4v) is 6.11. The van der Waals surface area contributed by atoms with Gasteiger partial charge in [-0.05, 0) is 63.3 Å². The SMILES string of the molecule is COC(=O)CC[C@H](NC(=O)OC(C)(C)C)C(=O)N[C@@H](Cc1ccccc1)C(=O)N1CCC[C@H]1C(=O)N[C@@H](Cc1ccc(O)cc1)C(=O)NCC(=O)N[C@@H](CO)C(=O)OC. The monoisotopic (exact) mass is 826 g/mol. The maximum atomic E-state index is 14.4. The minimum atomic E-state index is -1.37. The summed E-state index contributed by atoms with van der Waals surface area (Å²) in [6, 6.07) is 8.33. The molecule has 19 heteroatoms. The first kappa shape index (κ1) is 47.1. The van der Waals surface area contributed by atoms with Crippen molar-refractivity contribution in [1.82, 2.24) is 31.5 Å². The zero-order valence-electron chi connectivity index (χ0n) is 33.8. The molecule has 1 aliphatic rings. The van der Waals surface area contributed by atoms with Crippen LogP contribution in [0, 0.1) is 0 Å². The van der Waals surface area contributed by atoms with Crippen LogP contribution in [0.1, 0.15) is 57.6 Å². The molecular formula is C40H54N6O13. The number of rotatable bonds is 19. The topological polar surface area (TPSA) is 268 Å². The summed E-state index contributed by atoms with van der Waals surface area (Å²) in [5.41, 5.74) is 0.299. The van der Waals surface area contributed by atoms with Crippen molar-refractivity contribution in [1.29, 1.82) is 0 Å². The molecule has 0 aromatic heterocycles. The Kier molecular flexibility index (Phi) is 18.1. The molecule has 322 valence electrons. The highest BCUT2D eigenvalue weighted by Gasteiger charge is 2.40. The van der Waals surface area contributed by atoms with Crippen LogP contribution in [0.4, 0.5) is 4.79 Å². The van der Waals surface area contributed by atoms with E-state index in [0.29, 0.717) is 17.5 Å². The van der Waals surface area contributed by atoms with Gasteiger partial charge in [-0.3, -0.25) is 28.8 Å². The number of carbonyl (C=O) groups excluding carboxylic acids is 8. The minimum Gasteiger partial charge on any atom is -0.508 e. The molecule has 19 nitrogen and oxygen atoms in total. The maximum absolute atomic E-state index is 14.4. The van der Waals surface area contributed by atoms with Gasteiger partial charge in [-0.1, -0.05) is 42.5 Å². The normalized spacial score (nSPS) is 15.6. The fourth-order valence-electron chi connectivity index (χ4n) is 6.11. The van der Waals surface area contributed by atoms with E-state index in [1.165, 1.54) is 36.3 Å². The number of methoxy groups -OCH3 is 2. The van der Waals surface area contributed by atoms with E-state index in [9.17, 15) is 48.6 Å². The Balaban J connectivity index is 1.85. The molecule has 6 amide bonds. The number of esters is 2. The second-order valence-electron chi connectivity index (χ2n) is 14.7. The van der Waals surface area contributed by atoms with Crippen LogP contribution in [0.5, 0.6) is 5.75 Å². The molecule has 1 aliphatic heterocycles. The molecule has 0 radical (unpaired) electrons. The molecule has 1 fully saturated rings. The van der Waals surface area contributed by atoms with Crippen LogP contribution in [0.25, 0.3) is 0 Å². The Morgan fingerprint density at radius 2 is 1.42 bits per heavy atom. The smallest absolute Gasteiger partial charge is 0.408 e. The summed E-state index contributed by atoms with van der Waals surface area (Å²) in [5.74, 6) is -5.30. The van der Waals surface area contributed by atoms with E-state index in [1.54, 1.807) is 51.1 Å². The minimum absolute atomic E-state index is 0.00647. The van der Waals surface area contributed by atoms with Gasteiger partial charge in [-0.25, -0.2) is 9.59 Å². The average Bonchev–Trinajstić information content (AvgIpc) is 3.70. The van der Waals surface area contributed by atoms with Crippen molar-refractivity contribution in [3.8, 4) is 5.75 Å². The molecule has 2 aromatic carbocycles. The Hall–Kier alpha value is -6.24. The lowest BCUT2D eigenvalue weighted by Crippen LogP contribution is -2.59. The van der Waals surface area contributed by atoms with Gasteiger partial charge in [-0.2, -0.15) is 0 Å². The number of amides is 6. The van der Waals surface area contributed by atoms with E-state index < -0.39 is 96.5 Å². The molecule has 1 saturated heterocycles. The molecule has 2 aromatic rings. The molecule has 59 heavy (non-hydrogen) atoms. The van der Waals surface area contributed by atoms with Gasteiger partial charge in [0.2, 0.25) is 29.5 Å². The van der Waals surface area contributed by atoms with Gasteiger partial charge in [0.05, 0.1) is 27.4 Å². The van der Waals surface area contributed by atoms with E-state index in [0.717, 1.165) is 7.11 Å². The Bertz CT molecular complexity index is 1780. The van der Waals surface area contributed by atoms with Crippen LogP contribution >= 0.6 is 0 Å². The summed E-state index contributed by atoms with van der Waals surface area (Å²) in [4.78, 5) is 106. The maximum Gasteiger partial charge on any atom is 0.408 e. The number of phenolic OH excluding ortho intramolecular Hbond substituents is 1. The van der Waals surface area contributed by atoms with E-state index in [-0.39, 0.29) is 44.4 Å². The third kappa shape index (κ3) is 15.6. The lowest BCUT2D eigenvalue weighted by Gasteiger charge is -2.31. The van der Waals surface area contributed by atoms with Crippen molar-refractivity contribution >= 4 is 47.6 Å². The number of alkyl carbamates (subject to hydrolysis) is 1. The van der Waals surface area contributed by atoms with Crippen molar-refractivity contribution in [3.05, 3.63) is 65.7 Å². The Morgan fingerprint density at radius 1 is 0.780 bits per heavy atom. The van der Waals surface area contributed by atoms with Gasteiger partial charge in [0.15, 0.2) is 6.04 Å². The van der Waals surface area contributed by atoms with Gasteiger partial charge < -0.3 is 55.9 Å². The van der Waals surface area contributed by atoms with Crippen molar-refractivity contribution < 1.29 is 62.8 Å². The third-order valence-corrected chi connectivity index (χ3v) is 9.04. The number of nitrogens with one attached hydrogen (secondary N) is 5. The Morgan fingerprint density at radius 3 is 2.03 bits per heavy atom. The Labute approximate surface area is 341 Å². The summed E-state index contributed by atoms with van der Waals surface area (Å²) < 4.78 is 14.6. The third-order valence-electron chi connectivity index (χ3n) is 9.04. The largest absolute Gasteiger partial charge is 0.508 e.